The van der Waals surface area contributed by atoms with Crippen LogP contribution in [0.15, 0.2) is 36.1 Å². The predicted molar refractivity (Wildman–Crippen MR) is 58.1 cm³/mol. The van der Waals surface area contributed by atoms with Crippen LogP contribution in [-0.2, 0) is 6.42 Å². The number of allylic oxidation sites excluding steroid dienone is 2. The molecule has 1 aromatic rings. The van der Waals surface area contributed by atoms with E-state index in [4.69, 9.17) is 4.74 Å². The van der Waals surface area contributed by atoms with Crippen molar-refractivity contribution < 1.29 is 4.74 Å². The molecule has 1 aliphatic heterocycles. The van der Waals surface area contributed by atoms with Crippen molar-refractivity contribution >= 4 is 0 Å². The topological polar surface area (TPSA) is 9.23 Å². The Balaban J connectivity index is 2.05. The zero-order valence-corrected chi connectivity index (χ0v) is 8.33. The van der Waals surface area contributed by atoms with E-state index in [1.807, 2.05) is 12.1 Å². The van der Waals surface area contributed by atoms with Crippen molar-refractivity contribution in [2.75, 3.05) is 0 Å². The van der Waals surface area contributed by atoms with Gasteiger partial charge in [0.15, 0.2) is 0 Å². The van der Waals surface area contributed by atoms with Crippen LogP contribution in [0.5, 0.6) is 5.75 Å². The van der Waals surface area contributed by atoms with Crippen LogP contribution in [0.25, 0.3) is 0 Å². The number of benzene rings is 1. The molecule has 0 amide bonds. The number of rotatable bonds is 3. The van der Waals surface area contributed by atoms with Gasteiger partial charge in [-0.2, -0.15) is 0 Å². The maximum atomic E-state index is 5.77. The molecule has 1 heteroatoms. The lowest BCUT2D eigenvalue weighted by Crippen LogP contribution is -2.04. The average molecular weight is 187 g/mol. The highest BCUT2D eigenvalue weighted by Gasteiger charge is 2.10. The Bertz CT molecular complexity index is 339. The summed E-state index contributed by atoms with van der Waals surface area (Å²) in [4.78, 5) is 0. The van der Waals surface area contributed by atoms with Crippen LogP contribution < -0.4 is 4.74 Å². The van der Waals surface area contributed by atoms with Gasteiger partial charge >= 0.3 is 0 Å². The number of unbranched alkanes of at least 4 members (excludes halogenated alkanes) is 1. The molecule has 0 N–H and O–H groups in total. The summed E-state index contributed by atoms with van der Waals surface area (Å²) in [6.07, 6.45) is 6.27. The van der Waals surface area contributed by atoms with Crippen molar-refractivity contribution in [3.05, 3.63) is 48.6 Å². The van der Waals surface area contributed by atoms with Gasteiger partial charge in [0.2, 0.25) is 0 Å². The highest BCUT2D eigenvalue weighted by molar-refractivity contribution is 5.38. The Labute approximate surface area is 85.4 Å². The van der Waals surface area contributed by atoms with Gasteiger partial charge in [0.05, 0.1) is 0 Å². The predicted octanol–water partition coefficient (Wildman–Crippen LogP) is 3.51. The van der Waals surface area contributed by atoms with E-state index in [-0.39, 0.29) is 0 Å². The van der Waals surface area contributed by atoms with Gasteiger partial charge in [-0.15, -0.1) is 0 Å². The maximum absolute atomic E-state index is 5.77. The van der Waals surface area contributed by atoms with Gasteiger partial charge in [0.1, 0.15) is 11.5 Å². The summed E-state index contributed by atoms with van der Waals surface area (Å²) in [6.45, 7) is 3.83. The van der Waals surface area contributed by atoms with Crippen molar-refractivity contribution in [3.63, 3.8) is 0 Å². The summed E-state index contributed by atoms with van der Waals surface area (Å²) < 4.78 is 5.77. The van der Waals surface area contributed by atoms with Gasteiger partial charge in [0.25, 0.3) is 0 Å². The lowest BCUT2D eigenvalue weighted by Gasteiger charge is -2.17. The second-order valence-corrected chi connectivity index (χ2v) is 3.54. The summed E-state index contributed by atoms with van der Waals surface area (Å²) in [5.41, 5.74) is 1.28. The molecule has 1 aromatic carbocycles. The van der Waals surface area contributed by atoms with Crippen LogP contribution in [0, 0.1) is 6.92 Å². The highest BCUT2D eigenvalue weighted by Crippen LogP contribution is 2.27. The third kappa shape index (κ3) is 1.98. The summed E-state index contributed by atoms with van der Waals surface area (Å²) in [6, 6.07) is 8.22. The zero-order valence-electron chi connectivity index (χ0n) is 8.33. The Morgan fingerprint density at radius 3 is 3.00 bits per heavy atom. The fourth-order valence-corrected chi connectivity index (χ4v) is 1.63. The fourth-order valence-electron chi connectivity index (χ4n) is 1.63. The van der Waals surface area contributed by atoms with E-state index < -0.39 is 0 Å². The molecule has 73 valence electrons. The SMILES string of the molecule is [CH2]CCCC1=CCc2ccccc2O1. The van der Waals surface area contributed by atoms with Gasteiger partial charge < -0.3 is 4.74 Å². The van der Waals surface area contributed by atoms with Crippen molar-refractivity contribution in [3.8, 4) is 5.75 Å². The van der Waals surface area contributed by atoms with Gasteiger partial charge in [-0.25, -0.2) is 0 Å². The standard InChI is InChI=1S/C13H15O/c1-2-3-7-12-10-9-11-6-4-5-8-13(11)14-12/h4-6,8,10H,1-3,7,9H2. The van der Waals surface area contributed by atoms with E-state index >= 15 is 0 Å². The minimum atomic E-state index is 0.975. The Kier molecular flexibility index (Phi) is 2.87. The molecule has 1 heterocycles. The number of para-hydroxylation sites is 1. The van der Waals surface area contributed by atoms with Crippen LogP contribution in [0.2, 0.25) is 0 Å². The van der Waals surface area contributed by atoms with Gasteiger partial charge in [-0.1, -0.05) is 31.5 Å². The molecular formula is C13H15O. The molecule has 1 radical (unpaired) electrons. The molecule has 0 saturated carbocycles. The van der Waals surface area contributed by atoms with E-state index in [0.29, 0.717) is 0 Å². The molecule has 0 fully saturated rings. The van der Waals surface area contributed by atoms with Crippen molar-refractivity contribution in [2.45, 2.75) is 25.7 Å². The third-order valence-electron chi connectivity index (χ3n) is 2.44. The van der Waals surface area contributed by atoms with Gasteiger partial charge in [-0.05, 0) is 30.5 Å². The van der Waals surface area contributed by atoms with Crippen LogP contribution in [0.3, 0.4) is 0 Å². The first-order valence-corrected chi connectivity index (χ1v) is 5.14. The summed E-state index contributed by atoms with van der Waals surface area (Å²) in [5, 5.41) is 0. The number of hydrogen-bond donors (Lipinski definition) is 0. The molecule has 0 aliphatic carbocycles. The minimum absolute atomic E-state index is 0.975. The first-order chi connectivity index (χ1) is 6.90. The van der Waals surface area contributed by atoms with Crippen LogP contribution in [-0.4, -0.2) is 0 Å². The lowest BCUT2D eigenvalue weighted by atomic mass is 10.1. The number of hydrogen-bond acceptors (Lipinski definition) is 1. The van der Waals surface area contributed by atoms with E-state index in [0.717, 1.165) is 37.2 Å². The first-order valence-electron chi connectivity index (χ1n) is 5.14. The van der Waals surface area contributed by atoms with E-state index in [1.165, 1.54) is 5.56 Å². The van der Waals surface area contributed by atoms with E-state index in [1.54, 1.807) is 0 Å². The van der Waals surface area contributed by atoms with Crippen LogP contribution in [0.4, 0.5) is 0 Å². The quantitative estimate of drug-likeness (QED) is 0.703. The second kappa shape index (κ2) is 4.32. The molecule has 0 spiro atoms. The smallest absolute Gasteiger partial charge is 0.130 e. The molecule has 1 nitrogen and oxygen atoms in total. The lowest BCUT2D eigenvalue weighted by molar-refractivity contribution is 0.385. The van der Waals surface area contributed by atoms with Crippen LogP contribution >= 0.6 is 0 Å². The van der Waals surface area contributed by atoms with Crippen molar-refractivity contribution in [1.82, 2.24) is 0 Å². The molecule has 0 atom stereocenters. The van der Waals surface area contributed by atoms with Crippen LogP contribution in [0.1, 0.15) is 24.8 Å². The second-order valence-electron chi connectivity index (χ2n) is 3.54. The molecule has 0 saturated heterocycles. The van der Waals surface area contributed by atoms with E-state index in [2.05, 4.69) is 25.1 Å². The summed E-state index contributed by atoms with van der Waals surface area (Å²) in [5.74, 6) is 2.13. The minimum Gasteiger partial charge on any atom is -0.462 e. The Morgan fingerprint density at radius 1 is 1.29 bits per heavy atom. The highest BCUT2D eigenvalue weighted by atomic mass is 16.5. The Morgan fingerprint density at radius 2 is 2.14 bits per heavy atom. The summed E-state index contributed by atoms with van der Waals surface area (Å²) >= 11 is 0. The van der Waals surface area contributed by atoms with Gasteiger partial charge in [-0.3, -0.25) is 0 Å². The average Bonchev–Trinajstić information content (AvgIpc) is 2.26. The largest absolute Gasteiger partial charge is 0.462 e. The first kappa shape index (κ1) is 9.32. The van der Waals surface area contributed by atoms with Gasteiger partial charge in [0, 0.05) is 6.42 Å². The molecule has 0 bridgehead atoms. The number of ether oxygens (including phenoxy) is 1. The molecule has 1 aliphatic rings. The molecule has 14 heavy (non-hydrogen) atoms. The maximum Gasteiger partial charge on any atom is 0.130 e. The molecule has 2 rings (SSSR count). The molecule has 0 unspecified atom stereocenters. The third-order valence-corrected chi connectivity index (χ3v) is 2.44. The monoisotopic (exact) mass is 187 g/mol. The zero-order chi connectivity index (χ0) is 9.80. The Hall–Kier alpha value is -1.24. The fraction of sp³-hybridized carbons (Fsp3) is 0.308. The normalized spacial score (nSPS) is 14.2. The van der Waals surface area contributed by atoms with E-state index in [9.17, 15) is 0 Å². The summed E-state index contributed by atoms with van der Waals surface area (Å²) in [7, 11) is 0. The van der Waals surface area contributed by atoms with Crippen molar-refractivity contribution in [1.29, 1.82) is 0 Å². The number of fused-ring (bicyclic) bond motifs is 1. The molecular weight excluding hydrogens is 172 g/mol. The molecule has 0 aromatic heterocycles. The van der Waals surface area contributed by atoms with Crippen molar-refractivity contribution in [2.24, 2.45) is 0 Å².